The van der Waals surface area contributed by atoms with Crippen molar-refractivity contribution in [1.82, 2.24) is 0 Å². The number of hydrogen-bond acceptors (Lipinski definition) is 4. The molecule has 0 aliphatic carbocycles. The van der Waals surface area contributed by atoms with Crippen molar-refractivity contribution in [3.63, 3.8) is 0 Å². The summed E-state index contributed by atoms with van der Waals surface area (Å²) in [5.74, 6) is -0.350. The number of amides is 1. The highest BCUT2D eigenvalue weighted by Gasteiger charge is 2.04. The lowest BCUT2D eigenvalue weighted by Crippen LogP contribution is -2.22. The van der Waals surface area contributed by atoms with Gasteiger partial charge < -0.3 is 20.3 Å². The first-order chi connectivity index (χ1) is 8.11. The molecule has 92 valence electrons. The first kappa shape index (κ1) is 13.4. The Morgan fingerprint density at radius 3 is 2.59 bits per heavy atom. The van der Waals surface area contributed by atoms with E-state index in [1.165, 1.54) is 0 Å². The summed E-state index contributed by atoms with van der Waals surface area (Å²) in [4.78, 5) is 11.3. The van der Waals surface area contributed by atoms with Crippen LogP contribution in [-0.4, -0.2) is 35.6 Å². The molecule has 0 aliphatic rings. The zero-order valence-electron chi connectivity index (χ0n) is 9.30. The zero-order chi connectivity index (χ0) is 12.7. The van der Waals surface area contributed by atoms with Crippen LogP contribution in [0.4, 0.5) is 5.69 Å². The van der Waals surface area contributed by atoms with Gasteiger partial charge in [-0.05, 0) is 17.7 Å². The minimum atomic E-state index is -1.56. The maximum Gasteiger partial charge on any atom is 0.250 e. The van der Waals surface area contributed by atoms with Gasteiger partial charge >= 0.3 is 0 Å². The van der Waals surface area contributed by atoms with E-state index in [0.717, 1.165) is 5.56 Å². The predicted octanol–water partition coefficient (Wildman–Crippen LogP) is 0.595. The molecule has 17 heavy (non-hydrogen) atoms. The monoisotopic (exact) mass is 237 g/mol. The molecular formula is C12H15NO4. The van der Waals surface area contributed by atoms with E-state index in [1.807, 2.05) is 12.1 Å². The average molecular weight is 237 g/mol. The molecule has 1 rings (SSSR count). The van der Waals surface area contributed by atoms with E-state index in [0.29, 0.717) is 5.69 Å². The molecule has 0 fully saturated rings. The van der Waals surface area contributed by atoms with Gasteiger partial charge in [-0.2, -0.15) is 0 Å². The molecule has 0 radical (unpaired) electrons. The van der Waals surface area contributed by atoms with Crippen LogP contribution >= 0.6 is 0 Å². The van der Waals surface area contributed by atoms with Gasteiger partial charge in [-0.15, -0.1) is 0 Å². The largest absolute Gasteiger partial charge is 0.366 e. The highest BCUT2D eigenvalue weighted by Crippen LogP contribution is 2.09. The Bertz CT molecular complexity index is 373. The van der Waals surface area contributed by atoms with E-state index < -0.39 is 6.29 Å². The summed E-state index contributed by atoms with van der Waals surface area (Å²) in [5, 5.41) is 19.6. The van der Waals surface area contributed by atoms with Crippen molar-refractivity contribution < 1.29 is 19.7 Å². The molecule has 0 saturated carbocycles. The molecule has 1 amide bonds. The van der Waals surface area contributed by atoms with Crippen molar-refractivity contribution in [2.24, 2.45) is 0 Å². The van der Waals surface area contributed by atoms with Gasteiger partial charge in [0.25, 0.3) is 0 Å². The summed E-state index contributed by atoms with van der Waals surface area (Å²) in [6, 6.07) is 7.13. The Morgan fingerprint density at radius 1 is 1.41 bits per heavy atom. The summed E-state index contributed by atoms with van der Waals surface area (Å²) in [7, 11) is 0. The quantitative estimate of drug-likeness (QED) is 0.633. The molecular weight excluding hydrogens is 222 g/mol. The second-order valence-corrected chi connectivity index (χ2v) is 3.37. The SMILES string of the molecule is C=Cc1ccc(NC(=O)COCC(O)O)cc1. The van der Waals surface area contributed by atoms with E-state index in [-0.39, 0.29) is 19.1 Å². The third kappa shape index (κ3) is 5.26. The first-order valence-electron chi connectivity index (χ1n) is 5.08. The summed E-state index contributed by atoms with van der Waals surface area (Å²) in [6.45, 7) is 3.11. The Hall–Kier alpha value is -1.69. The van der Waals surface area contributed by atoms with E-state index in [9.17, 15) is 4.79 Å². The van der Waals surface area contributed by atoms with Crippen molar-refractivity contribution in [1.29, 1.82) is 0 Å². The second-order valence-electron chi connectivity index (χ2n) is 3.37. The number of anilines is 1. The minimum Gasteiger partial charge on any atom is -0.366 e. The topological polar surface area (TPSA) is 78.8 Å². The molecule has 0 spiro atoms. The third-order valence-electron chi connectivity index (χ3n) is 1.93. The molecule has 1 aromatic carbocycles. The molecule has 0 atom stereocenters. The molecule has 0 heterocycles. The number of aliphatic hydroxyl groups is 2. The van der Waals surface area contributed by atoms with Gasteiger partial charge in [0.2, 0.25) is 5.91 Å². The van der Waals surface area contributed by atoms with Crippen LogP contribution in [-0.2, 0) is 9.53 Å². The molecule has 5 nitrogen and oxygen atoms in total. The number of nitrogens with one attached hydrogen (secondary N) is 1. The van der Waals surface area contributed by atoms with E-state index in [2.05, 4.69) is 11.9 Å². The van der Waals surface area contributed by atoms with Crippen LogP contribution in [0.5, 0.6) is 0 Å². The Balaban J connectivity index is 2.37. The maximum atomic E-state index is 11.3. The van der Waals surface area contributed by atoms with Crippen molar-refractivity contribution in [2.45, 2.75) is 6.29 Å². The number of carbonyl (C=O) groups is 1. The molecule has 3 N–H and O–H groups in total. The van der Waals surface area contributed by atoms with Crippen LogP contribution in [0.15, 0.2) is 30.8 Å². The second kappa shape index (κ2) is 6.80. The fraction of sp³-hybridized carbons (Fsp3) is 0.250. The lowest BCUT2D eigenvalue weighted by Gasteiger charge is -2.07. The molecule has 0 aromatic heterocycles. The van der Waals surface area contributed by atoms with Crippen molar-refractivity contribution in [3.8, 4) is 0 Å². The van der Waals surface area contributed by atoms with E-state index in [1.54, 1.807) is 18.2 Å². The summed E-state index contributed by atoms with van der Waals surface area (Å²) >= 11 is 0. The number of ether oxygens (including phenoxy) is 1. The van der Waals surface area contributed by atoms with Crippen molar-refractivity contribution in [2.75, 3.05) is 18.5 Å². The van der Waals surface area contributed by atoms with Gasteiger partial charge in [0.1, 0.15) is 6.61 Å². The zero-order valence-corrected chi connectivity index (χ0v) is 9.30. The van der Waals surface area contributed by atoms with Crippen LogP contribution in [0.3, 0.4) is 0 Å². The molecule has 0 bridgehead atoms. The molecule has 5 heteroatoms. The number of rotatable bonds is 6. The van der Waals surface area contributed by atoms with Crippen LogP contribution < -0.4 is 5.32 Å². The summed E-state index contributed by atoms with van der Waals surface area (Å²) < 4.78 is 4.75. The predicted molar refractivity (Wildman–Crippen MR) is 64.2 cm³/mol. The van der Waals surface area contributed by atoms with Crippen molar-refractivity contribution >= 4 is 17.7 Å². The Labute approximate surface area is 99.3 Å². The maximum absolute atomic E-state index is 11.3. The average Bonchev–Trinajstić information content (AvgIpc) is 2.29. The number of aliphatic hydroxyl groups excluding tert-OH is 1. The van der Waals surface area contributed by atoms with Crippen LogP contribution in [0.2, 0.25) is 0 Å². The van der Waals surface area contributed by atoms with Gasteiger partial charge in [0, 0.05) is 5.69 Å². The van der Waals surface area contributed by atoms with Gasteiger partial charge in [-0.1, -0.05) is 24.8 Å². The molecule has 0 aliphatic heterocycles. The van der Waals surface area contributed by atoms with Gasteiger partial charge in [-0.25, -0.2) is 0 Å². The number of benzene rings is 1. The Kier molecular flexibility index (Phi) is 5.35. The molecule has 1 aromatic rings. The van der Waals surface area contributed by atoms with Crippen LogP contribution in [0.25, 0.3) is 6.08 Å². The Morgan fingerprint density at radius 2 is 2.06 bits per heavy atom. The number of hydrogen-bond donors (Lipinski definition) is 3. The first-order valence-corrected chi connectivity index (χ1v) is 5.08. The summed E-state index contributed by atoms with van der Waals surface area (Å²) in [5.41, 5.74) is 1.61. The summed E-state index contributed by atoms with van der Waals surface area (Å²) in [6.07, 6.45) is 0.145. The van der Waals surface area contributed by atoms with Gasteiger partial charge in [-0.3, -0.25) is 4.79 Å². The fourth-order valence-corrected chi connectivity index (χ4v) is 1.16. The highest BCUT2D eigenvalue weighted by molar-refractivity contribution is 5.91. The molecule has 0 unspecified atom stereocenters. The van der Waals surface area contributed by atoms with Crippen LogP contribution in [0.1, 0.15) is 5.56 Å². The minimum absolute atomic E-state index is 0.221. The smallest absolute Gasteiger partial charge is 0.250 e. The fourth-order valence-electron chi connectivity index (χ4n) is 1.16. The third-order valence-corrected chi connectivity index (χ3v) is 1.93. The highest BCUT2D eigenvalue weighted by atomic mass is 16.5. The van der Waals surface area contributed by atoms with E-state index >= 15 is 0 Å². The standard InChI is InChI=1S/C12H15NO4/c1-2-9-3-5-10(6-4-9)13-11(14)7-17-8-12(15)16/h2-6,12,15-16H,1,7-8H2,(H,13,14). The van der Waals surface area contributed by atoms with Gasteiger partial charge in [0.05, 0.1) is 6.61 Å². The number of carbonyl (C=O) groups excluding carboxylic acids is 1. The van der Waals surface area contributed by atoms with Crippen molar-refractivity contribution in [3.05, 3.63) is 36.4 Å². The van der Waals surface area contributed by atoms with Gasteiger partial charge in [0.15, 0.2) is 6.29 Å². The lowest BCUT2D eigenvalue weighted by atomic mass is 10.2. The van der Waals surface area contributed by atoms with E-state index in [4.69, 9.17) is 14.9 Å². The van der Waals surface area contributed by atoms with Crippen LogP contribution in [0, 0.1) is 0 Å². The normalized spacial score (nSPS) is 10.3. The lowest BCUT2D eigenvalue weighted by molar-refractivity contribution is -0.127. The molecule has 0 saturated heterocycles.